The van der Waals surface area contributed by atoms with E-state index >= 15 is 0 Å². The second-order valence-corrected chi connectivity index (χ2v) is 4.88. The Labute approximate surface area is 124 Å². The van der Waals surface area contributed by atoms with Crippen molar-refractivity contribution in [3.63, 3.8) is 0 Å². The van der Waals surface area contributed by atoms with Gasteiger partial charge in [-0.25, -0.2) is 4.68 Å². The number of nitrogens with zero attached hydrogens (tertiary/aromatic N) is 2. The van der Waals surface area contributed by atoms with Gasteiger partial charge >= 0.3 is 0 Å². The summed E-state index contributed by atoms with van der Waals surface area (Å²) in [6.07, 6.45) is 4.82. The lowest BCUT2D eigenvalue weighted by molar-refractivity contribution is 0.303. The number of ether oxygens (including phenoxy) is 1. The molecule has 106 valence electrons. The van der Waals surface area contributed by atoms with Crippen LogP contribution in [0.1, 0.15) is 18.1 Å². The molecule has 0 aliphatic rings. The van der Waals surface area contributed by atoms with E-state index < -0.39 is 0 Å². The molecule has 21 heavy (non-hydrogen) atoms. The average molecular weight is 278 g/mol. The van der Waals surface area contributed by atoms with Gasteiger partial charge in [0.25, 0.3) is 0 Å². The molecule has 1 heterocycles. The molecule has 0 aliphatic carbocycles. The highest BCUT2D eigenvalue weighted by Gasteiger charge is 2.04. The molecule has 0 saturated carbocycles. The van der Waals surface area contributed by atoms with Crippen LogP contribution < -0.4 is 4.74 Å². The minimum absolute atomic E-state index is 0.532. The molecule has 0 aliphatic heterocycles. The van der Waals surface area contributed by atoms with Crippen LogP contribution in [0.5, 0.6) is 5.75 Å². The lowest BCUT2D eigenvalue weighted by Crippen LogP contribution is -1.97. The van der Waals surface area contributed by atoms with E-state index in [0.29, 0.717) is 6.61 Å². The van der Waals surface area contributed by atoms with E-state index in [1.807, 2.05) is 65.6 Å². The Hall–Kier alpha value is -2.55. The summed E-state index contributed by atoms with van der Waals surface area (Å²) in [5, 5.41) is 4.38. The summed E-state index contributed by atoms with van der Waals surface area (Å²) in [5.41, 5.74) is 3.34. The lowest BCUT2D eigenvalue weighted by atomic mass is 10.1. The molecule has 0 unspecified atom stereocenters. The van der Waals surface area contributed by atoms with Crippen molar-refractivity contribution in [3.8, 4) is 11.4 Å². The molecule has 0 bridgehead atoms. The molecule has 1 aromatic heterocycles. The number of rotatable bonds is 5. The first-order valence-corrected chi connectivity index (χ1v) is 7.16. The first kappa shape index (κ1) is 13.4. The van der Waals surface area contributed by atoms with Gasteiger partial charge < -0.3 is 4.74 Å². The third-order valence-electron chi connectivity index (χ3n) is 3.40. The minimum atomic E-state index is 0.532. The van der Waals surface area contributed by atoms with Crippen LogP contribution in [0.2, 0.25) is 0 Å². The smallest absolute Gasteiger partial charge is 0.122 e. The summed E-state index contributed by atoms with van der Waals surface area (Å²) in [4.78, 5) is 0. The van der Waals surface area contributed by atoms with E-state index in [1.165, 1.54) is 5.56 Å². The normalized spacial score (nSPS) is 10.5. The zero-order chi connectivity index (χ0) is 14.5. The van der Waals surface area contributed by atoms with Gasteiger partial charge in [-0.05, 0) is 30.2 Å². The maximum Gasteiger partial charge on any atom is 0.122 e. The molecule has 3 rings (SSSR count). The van der Waals surface area contributed by atoms with Crippen molar-refractivity contribution in [1.29, 1.82) is 0 Å². The Bertz CT molecular complexity index is 704. The Morgan fingerprint density at radius 2 is 1.76 bits per heavy atom. The van der Waals surface area contributed by atoms with Gasteiger partial charge in [0.05, 0.1) is 11.9 Å². The van der Waals surface area contributed by atoms with Gasteiger partial charge in [-0.1, -0.05) is 43.3 Å². The largest absolute Gasteiger partial charge is 0.489 e. The highest BCUT2D eigenvalue weighted by atomic mass is 16.5. The molecule has 0 amide bonds. The van der Waals surface area contributed by atoms with E-state index in [-0.39, 0.29) is 0 Å². The van der Waals surface area contributed by atoms with Crippen LogP contribution in [-0.4, -0.2) is 9.78 Å². The second-order valence-electron chi connectivity index (χ2n) is 4.88. The van der Waals surface area contributed by atoms with Crippen LogP contribution >= 0.6 is 0 Å². The minimum Gasteiger partial charge on any atom is -0.489 e. The molecule has 3 nitrogen and oxygen atoms in total. The number of aryl methyl sites for hydroxylation is 1. The first-order valence-electron chi connectivity index (χ1n) is 7.16. The number of para-hydroxylation sites is 2. The SMILES string of the molecule is CCc1ccccc1OCc1cnn(-c2ccccc2)c1. The fourth-order valence-electron chi connectivity index (χ4n) is 2.25. The Morgan fingerprint density at radius 3 is 2.57 bits per heavy atom. The van der Waals surface area contributed by atoms with Gasteiger partial charge in [0.15, 0.2) is 0 Å². The molecular formula is C18H18N2O. The first-order chi connectivity index (χ1) is 10.4. The Kier molecular flexibility index (Phi) is 4.01. The summed E-state index contributed by atoms with van der Waals surface area (Å²) in [7, 11) is 0. The molecule has 0 atom stereocenters. The average Bonchev–Trinajstić information content (AvgIpc) is 3.03. The monoisotopic (exact) mass is 278 g/mol. The molecule has 3 aromatic rings. The van der Waals surface area contributed by atoms with E-state index in [9.17, 15) is 0 Å². The van der Waals surface area contributed by atoms with E-state index in [4.69, 9.17) is 4.74 Å². The van der Waals surface area contributed by atoms with Crippen LogP contribution in [0, 0.1) is 0 Å². The van der Waals surface area contributed by atoms with Gasteiger partial charge in [-0.2, -0.15) is 5.10 Å². The zero-order valence-electron chi connectivity index (χ0n) is 12.1. The van der Waals surface area contributed by atoms with Crippen molar-refractivity contribution in [3.05, 3.63) is 78.1 Å². The molecule has 3 heteroatoms. The van der Waals surface area contributed by atoms with Crippen LogP contribution in [0.15, 0.2) is 67.0 Å². The number of aromatic nitrogens is 2. The highest BCUT2D eigenvalue weighted by molar-refractivity contribution is 5.34. The number of hydrogen-bond acceptors (Lipinski definition) is 2. The highest BCUT2D eigenvalue weighted by Crippen LogP contribution is 2.19. The standard InChI is InChI=1S/C18H18N2O/c1-2-16-8-6-7-11-18(16)21-14-15-12-19-20(13-15)17-9-4-3-5-10-17/h3-13H,2,14H2,1H3. The summed E-state index contributed by atoms with van der Waals surface area (Å²) in [6.45, 7) is 2.67. The molecule has 0 N–H and O–H groups in total. The fraction of sp³-hybridized carbons (Fsp3) is 0.167. The van der Waals surface area contributed by atoms with Crippen molar-refractivity contribution < 1.29 is 4.74 Å². The van der Waals surface area contributed by atoms with Crippen LogP contribution in [0.3, 0.4) is 0 Å². The van der Waals surface area contributed by atoms with Gasteiger partial charge in [0.1, 0.15) is 12.4 Å². The zero-order valence-corrected chi connectivity index (χ0v) is 12.1. The van der Waals surface area contributed by atoms with Gasteiger partial charge in [0.2, 0.25) is 0 Å². The second kappa shape index (κ2) is 6.27. The molecular weight excluding hydrogens is 260 g/mol. The maximum absolute atomic E-state index is 5.91. The molecule has 0 fully saturated rings. The molecule has 0 spiro atoms. The predicted molar refractivity (Wildman–Crippen MR) is 83.7 cm³/mol. The third kappa shape index (κ3) is 3.14. The Morgan fingerprint density at radius 1 is 1.00 bits per heavy atom. The van der Waals surface area contributed by atoms with Crippen LogP contribution in [-0.2, 0) is 13.0 Å². The van der Waals surface area contributed by atoms with Crippen molar-refractivity contribution in [2.75, 3.05) is 0 Å². The number of hydrogen-bond donors (Lipinski definition) is 0. The summed E-state index contributed by atoms with van der Waals surface area (Å²) in [6, 6.07) is 18.2. The molecule has 0 radical (unpaired) electrons. The van der Waals surface area contributed by atoms with Crippen molar-refractivity contribution in [2.45, 2.75) is 20.0 Å². The Balaban J connectivity index is 1.71. The van der Waals surface area contributed by atoms with Crippen molar-refractivity contribution in [1.82, 2.24) is 9.78 Å². The van der Waals surface area contributed by atoms with Crippen LogP contribution in [0.25, 0.3) is 5.69 Å². The summed E-state index contributed by atoms with van der Waals surface area (Å²) >= 11 is 0. The molecule has 2 aromatic carbocycles. The van der Waals surface area contributed by atoms with Crippen molar-refractivity contribution >= 4 is 0 Å². The van der Waals surface area contributed by atoms with Crippen LogP contribution in [0.4, 0.5) is 0 Å². The predicted octanol–water partition coefficient (Wildman–Crippen LogP) is 4.01. The van der Waals surface area contributed by atoms with Crippen molar-refractivity contribution in [2.24, 2.45) is 0 Å². The van der Waals surface area contributed by atoms with E-state index in [1.54, 1.807) is 0 Å². The number of benzene rings is 2. The van der Waals surface area contributed by atoms with Gasteiger partial charge in [0, 0.05) is 11.8 Å². The summed E-state index contributed by atoms with van der Waals surface area (Å²) < 4.78 is 7.78. The maximum atomic E-state index is 5.91. The summed E-state index contributed by atoms with van der Waals surface area (Å²) in [5.74, 6) is 0.951. The van der Waals surface area contributed by atoms with E-state index in [2.05, 4.69) is 18.1 Å². The lowest BCUT2D eigenvalue weighted by Gasteiger charge is -2.08. The topological polar surface area (TPSA) is 27.1 Å². The quantitative estimate of drug-likeness (QED) is 0.705. The molecule has 0 saturated heterocycles. The van der Waals surface area contributed by atoms with E-state index in [0.717, 1.165) is 23.4 Å². The van der Waals surface area contributed by atoms with Gasteiger partial charge in [-0.15, -0.1) is 0 Å². The fourth-order valence-corrected chi connectivity index (χ4v) is 2.25. The van der Waals surface area contributed by atoms with Gasteiger partial charge in [-0.3, -0.25) is 0 Å². The third-order valence-corrected chi connectivity index (χ3v) is 3.40.